The molecule has 55 heavy (non-hydrogen) atoms. The second-order valence-electron chi connectivity index (χ2n) is 15.4. The highest BCUT2D eigenvalue weighted by atomic mass is 31.2. The van der Waals surface area contributed by atoms with Crippen molar-refractivity contribution in [2.45, 2.75) is 168 Å². The van der Waals surface area contributed by atoms with Gasteiger partial charge >= 0.3 is 19.8 Å². The van der Waals surface area contributed by atoms with E-state index >= 15 is 0 Å². The molecule has 0 aromatic heterocycles. The van der Waals surface area contributed by atoms with Gasteiger partial charge in [0, 0.05) is 12.8 Å². The van der Waals surface area contributed by atoms with Crippen molar-refractivity contribution in [3.05, 3.63) is 60.8 Å². The van der Waals surface area contributed by atoms with Gasteiger partial charge in [0.1, 0.15) is 19.8 Å². The van der Waals surface area contributed by atoms with Gasteiger partial charge in [-0.3, -0.25) is 18.6 Å². The SMILES string of the molecule is CCCCC/C=C\C/C=C\C/C=C\C/C=C\C/C=C\CCC(=O)O[C@H](COC(=O)CCCCCCCCCCCCCC)COP(=O)(O)OCC[N+](C)(C)C. The standard InChI is InChI=1S/C45H80NO8P/c1-6-8-10-12-14-16-18-20-21-22-23-24-25-26-28-30-32-34-36-38-45(48)54-43(42-53-55(49,50)52-40-39-46(3,4)5)41-51-44(47)37-35-33-31-29-27-19-17-15-13-11-9-7-2/h14,16,20-21,23-24,26,28,32,34,43H,6-13,15,17-19,22,25,27,29-31,33,35-42H2,1-5H3/p+1/b16-14-,21-20-,24-23-,28-26-,34-32-/t43-/m1/s1. The summed E-state index contributed by atoms with van der Waals surface area (Å²) in [4.78, 5) is 35.3. The Labute approximate surface area is 336 Å². The summed E-state index contributed by atoms with van der Waals surface area (Å²) >= 11 is 0. The van der Waals surface area contributed by atoms with Crippen LogP contribution >= 0.6 is 7.82 Å². The Morgan fingerprint density at radius 3 is 1.53 bits per heavy atom. The normalized spacial score (nSPS) is 14.2. The molecule has 1 N–H and O–H groups in total. The number of hydrogen-bond donors (Lipinski definition) is 1. The molecule has 0 aromatic rings. The molecule has 0 spiro atoms. The molecule has 10 heteroatoms. The molecule has 318 valence electrons. The first-order valence-electron chi connectivity index (χ1n) is 21.5. The van der Waals surface area contributed by atoms with E-state index in [-0.39, 0.29) is 32.0 Å². The van der Waals surface area contributed by atoms with Gasteiger partial charge in [-0.1, -0.05) is 158 Å². The number of unbranched alkanes of at least 4 members (excludes halogenated alkanes) is 14. The molecule has 0 aliphatic rings. The molecule has 0 bridgehead atoms. The van der Waals surface area contributed by atoms with E-state index in [1.54, 1.807) is 0 Å². The van der Waals surface area contributed by atoms with E-state index in [2.05, 4.69) is 62.5 Å². The van der Waals surface area contributed by atoms with Crippen LogP contribution in [0.15, 0.2) is 60.8 Å². The van der Waals surface area contributed by atoms with E-state index in [9.17, 15) is 19.0 Å². The molecule has 0 saturated carbocycles. The smallest absolute Gasteiger partial charge is 0.462 e. The molecule has 0 rings (SSSR count). The predicted octanol–water partition coefficient (Wildman–Crippen LogP) is 12.1. The third-order valence-corrected chi connectivity index (χ3v) is 9.80. The van der Waals surface area contributed by atoms with Crippen LogP contribution in [-0.4, -0.2) is 74.9 Å². The van der Waals surface area contributed by atoms with Gasteiger partial charge in [0.15, 0.2) is 6.10 Å². The van der Waals surface area contributed by atoms with E-state index in [4.69, 9.17) is 18.5 Å². The van der Waals surface area contributed by atoms with Crippen molar-refractivity contribution in [1.82, 2.24) is 0 Å². The summed E-state index contributed by atoms with van der Waals surface area (Å²) in [6.07, 6.45) is 44.2. The number of nitrogens with zero attached hydrogens (tertiary/aromatic N) is 1. The highest BCUT2D eigenvalue weighted by molar-refractivity contribution is 7.47. The number of rotatable bonds is 38. The van der Waals surface area contributed by atoms with Crippen molar-refractivity contribution in [3.63, 3.8) is 0 Å². The number of phosphoric ester groups is 1. The number of quaternary nitrogens is 1. The summed E-state index contributed by atoms with van der Waals surface area (Å²) in [5, 5.41) is 0. The minimum Gasteiger partial charge on any atom is -0.462 e. The number of ether oxygens (including phenoxy) is 2. The molecular weight excluding hydrogens is 713 g/mol. The van der Waals surface area contributed by atoms with Crippen LogP contribution in [0.2, 0.25) is 0 Å². The molecule has 0 aliphatic heterocycles. The van der Waals surface area contributed by atoms with Crippen molar-refractivity contribution in [1.29, 1.82) is 0 Å². The van der Waals surface area contributed by atoms with Gasteiger partial charge in [-0.2, -0.15) is 0 Å². The van der Waals surface area contributed by atoms with Crippen LogP contribution in [-0.2, 0) is 32.7 Å². The Kier molecular flexibility index (Phi) is 35.7. The molecule has 9 nitrogen and oxygen atoms in total. The number of esters is 2. The molecule has 0 saturated heterocycles. The zero-order chi connectivity index (χ0) is 40.7. The largest absolute Gasteiger partial charge is 0.472 e. The van der Waals surface area contributed by atoms with Gasteiger partial charge in [-0.25, -0.2) is 4.57 Å². The Morgan fingerprint density at radius 2 is 1.02 bits per heavy atom. The maximum Gasteiger partial charge on any atom is 0.472 e. The molecule has 2 atom stereocenters. The van der Waals surface area contributed by atoms with Gasteiger partial charge in [-0.05, 0) is 51.4 Å². The lowest BCUT2D eigenvalue weighted by molar-refractivity contribution is -0.870. The van der Waals surface area contributed by atoms with Gasteiger partial charge in [0.25, 0.3) is 0 Å². The lowest BCUT2D eigenvalue weighted by atomic mass is 10.0. The fraction of sp³-hybridized carbons (Fsp3) is 0.733. The van der Waals surface area contributed by atoms with Crippen molar-refractivity contribution in [2.24, 2.45) is 0 Å². The molecule has 0 heterocycles. The molecule has 0 amide bonds. The number of phosphoric acid groups is 1. The van der Waals surface area contributed by atoms with Crippen LogP contribution in [0.5, 0.6) is 0 Å². The maximum atomic E-state index is 12.6. The third kappa shape index (κ3) is 41.2. The molecule has 1 unspecified atom stereocenters. The summed E-state index contributed by atoms with van der Waals surface area (Å²) in [5.74, 6) is -0.897. The minimum atomic E-state index is -4.39. The lowest BCUT2D eigenvalue weighted by Crippen LogP contribution is -2.37. The van der Waals surface area contributed by atoms with Crippen LogP contribution in [0, 0.1) is 0 Å². The zero-order valence-corrected chi connectivity index (χ0v) is 36.5. The van der Waals surface area contributed by atoms with Crippen LogP contribution in [0.25, 0.3) is 0 Å². The molecule has 0 fully saturated rings. The first-order valence-corrected chi connectivity index (χ1v) is 23.0. The topological polar surface area (TPSA) is 108 Å². The Bertz CT molecular complexity index is 1120. The predicted molar refractivity (Wildman–Crippen MR) is 229 cm³/mol. The average Bonchev–Trinajstić information content (AvgIpc) is 3.13. The first kappa shape index (κ1) is 52.7. The van der Waals surface area contributed by atoms with Crippen molar-refractivity contribution in [2.75, 3.05) is 47.5 Å². The van der Waals surface area contributed by atoms with Gasteiger partial charge in [0.2, 0.25) is 0 Å². The number of carbonyl (C=O) groups excluding carboxylic acids is 2. The number of carbonyl (C=O) groups is 2. The lowest BCUT2D eigenvalue weighted by Gasteiger charge is -2.24. The second-order valence-corrected chi connectivity index (χ2v) is 16.8. The van der Waals surface area contributed by atoms with Crippen molar-refractivity contribution in [3.8, 4) is 0 Å². The molecule has 0 aliphatic carbocycles. The Balaban J connectivity index is 4.51. The zero-order valence-electron chi connectivity index (χ0n) is 35.6. The molecule has 0 radical (unpaired) electrons. The van der Waals surface area contributed by atoms with Gasteiger partial charge in [0.05, 0.1) is 27.7 Å². The summed E-state index contributed by atoms with van der Waals surface area (Å²) in [7, 11) is 1.43. The monoisotopic (exact) mass is 795 g/mol. The summed E-state index contributed by atoms with van der Waals surface area (Å²) in [6, 6.07) is 0. The van der Waals surface area contributed by atoms with Crippen molar-refractivity contribution < 1.29 is 42.1 Å². The highest BCUT2D eigenvalue weighted by Gasteiger charge is 2.27. The minimum absolute atomic E-state index is 0.0170. The summed E-state index contributed by atoms with van der Waals surface area (Å²) in [5.41, 5.74) is 0. The van der Waals surface area contributed by atoms with Crippen molar-refractivity contribution >= 4 is 19.8 Å². The summed E-state index contributed by atoms with van der Waals surface area (Å²) < 4.78 is 34.2. The van der Waals surface area contributed by atoms with Crippen LogP contribution in [0.4, 0.5) is 0 Å². The van der Waals surface area contributed by atoms with E-state index < -0.39 is 26.5 Å². The quantitative estimate of drug-likeness (QED) is 0.0216. The Hall–Kier alpha value is -2.29. The van der Waals surface area contributed by atoms with E-state index in [0.29, 0.717) is 17.4 Å². The second kappa shape index (κ2) is 37.3. The van der Waals surface area contributed by atoms with Crippen LogP contribution < -0.4 is 0 Å². The van der Waals surface area contributed by atoms with Crippen LogP contribution in [0.1, 0.15) is 162 Å². The number of allylic oxidation sites excluding steroid dienone is 10. The summed E-state index contributed by atoms with van der Waals surface area (Å²) in [6.45, 7) is 4.29. The van der Waals surface area contributed by atoms with Crippen LogP contribution in [0.3, 0.4) is 0 Å². The van der Waals surface area contributed by atoms with Gasteiger partial charge in [-0.15, -0.1) is 0 Å². The van der Waals surface area contributed by atoms with E-state index in [1.165, 1.54) is 83.5 Å². The Morgan fingerprint density at radius 1 is 0.564 bits per heavy atom. The highest BCUT2D eigenvalue weighted by Crippen LogP contribution is 2.43. The molecular formula is C45H81NO8P+. The number of likely N-dealkylation sites (N-methyl/N-ethyl adjacent to an activating group) is 1. The number of hydrogen-bond acceptors (Lipinski definition) is 7. The average molecular weight is 795 g/mol. The molecule has 0 aromatic carbocycles. The first-order chi connectivity index (χ1) is 26.5. The fourth-order valence-electron chi connectivity index (χ4n) is 5.41. The third-order valence-electron chi connectivity index (χ3n) is 8.81. The maximum absolute atomic E-state index is 12.6. The van der Waals surface area contributed by atoms with E-state index in [0.717, 1.165) is 44.9 Å². The van der Waals surface area contributed by atoms with Gasteiger partial charge < -0.3 is 18.9 Å². The fourth-order valence-corrected chi connectivity index (χ4v) is 6.15. The van der Waals surface area contributed by atoms with E-state index in [1.807, 2.05) is 33.3 Å².